The Morgan fingerprint density at radius 3 is 2.61 bits per heavy atom. The van der Waals surface area contributed by atoms with Gasteiger partial charge in [0, 0.05) is 31.1 Å². The third kappa shape index (κ3) is 3.59. The highest BCUT2D eigenvalue weighted by atomic mass is 19.4. The minimum atomic E-state index is -4.48. The van der Waals surface area contributed by atoms with E-state index >= 15 is 0 Å². The molecule has 1 saturated carbocycles. The Morgan fingerprint density at radius 1 is 1.21 bits per heavy atom. The average molecular weight is 461 g/mol. The number of hydrogen-bond donors (Lipinski definition) is 0. The molecule has 4 fully saturated rings. The molecule has 9 heteroatoms. The summed E-state index contributed by atoms with van der Waals surface area (Å²) in [4.78, 5) is 31.6. The van der Waals surface area contributed by atoms with Crippen molar-refractivity contribution in [3.63, 3.8) is 0 Å². The zero-order valence-electron chi connectivity index (χ0n) is 18.6. The fourth-order valence-corrected chi connectivity index (χ4v) is 6.24. The second kappa shape index (κ2) is 7.73. The van der Waals surface area contributed by atoms with Crippen molar-refractivity contribution in [3.8, 4) is 6.07 Å². The molecule has 0 spiro atoms. The molecule has 0 N–H and O–H groups in total. The first-order chi connectivity index (χ1) is 15.6. The third-order valence-corrected chi connectivity index (χ3v) is 7.89. The molecular weight excluding hydrogens is 433 g/mol. The molecular formula is C24H27F3N4O2. The summed E-state index contributed by atoms with van der Waals surface area (Å²) in [6, 6.07) is 6.23. The normalized spacial score (nSPS) is 32.6. The van der Waals surface area contributed by atoms with Gasteiger partial charge >= 0.3 is 6.18 Å². The van der Waals surface area contributed by atoms with Crippen LogP contribution in [0.1, 0.15) is 50.3 Å². The van der Waals surface area contributed by atoms with Gasteiger partial charge in [-0.25, -0.2) is 0 Å². The molecule has 176 valence electrons. The van der Waals surface area contributed by atoms with E-state index < -0.39 is 23.8 Å². The third-order valence-electron chi connectivity index (χ3n) is 7.89. The molecule has 1 aromatic carbocycles. The molecule has 3 aliphatic heterocycles. The van der Waals surface area contributed by atoms with Crippen molar-refractivity contribution < 1.29 is 22.8 Å². The number of carbonyl (C=O) groups excluding carboxylic acids is 2. The van der Waals surface area contributed by atoms with Gasteiger partial charge in [-0.05, 0) is 43.7 Å². The molecule has 1 aromatic rings. The zero-order chi connectivity index (χ0) is 23.7. The van der Waals surface area contributed by atoms with Crippen LogP contribution >= 0.6 is 0 Å². The second-order valence-corrected chi connectivity index (χ2v) is 9.96. The van der Waals surface area contributed by atoms with Gasteiger partial charge in [-0.2, -0.15) is 18.4 Å². The number of nitriles is 1. The number of piperazine rings is 1. The van der Waals surface area contributed by atoms with Crippen molar-refractivity contribution >= 4 is 11.8 Å². The second-order valence-electron chi connectivity index (χ2n) is 9.96. The molecule has 2 bridgehead atoms. The first-order valence-corrected chi connectivity index (χ1v) is 11.6. The molecule has 1 aliphatic carbocycles. The van der Waals surface area contributed by atoms with Crippen LogP contribution in [-0.4, -0.2) is 63.8 Å². The number of rotatable bonds is 5. The van der Waals surface area contributed by atoms with Crippen LogP contribution < -0.4 is 0 Å². The fraction of sp³-hybridized carbons (Fsp3) is 0.625. The number of amides is 2. The topological polar surface area (TPSA) is 67.7 Å². The summed E-state index contributed by atoms with van der Waals surface area (Å²) >= 11 is 0. The predicted molar refractivity (Wildman–Crippen MR) is 112 cm³/mol. The summed E-state index contributed by atoms with van der Waals surface area (Å²) < 4.78 is 40.5. The summed E-state index contributed by atoms with van der Waals surface area (Å²) in [6.07, 6.45) is -2.20. The van der Waals surface area contributed by atoms with E-state index in [0.29, 0.717) is 25.4 Å². The van der Waals surface area contributed by atoms with Gasteiger partial charge in [0.05, 0.1) is 23.7 Å². The van der Waals surface area contributed by atoms with E-state index in [2.05, 4.69) is 6.07 Å². The van der Waals surface area contributed by atoms with Crippen molar-refractivity contribution in [2.24, 2.45) is 11.8 Å². The highest BCUT2D eigenvalue weighted by Crippen LogP contribution is 2.48. The first-order valence-electron chi connectivity index (χ1n) is 11.6. The molecule has 0 aromatic heterocycles. The number of piperidine rings is 1. The lowest BCUT2D eigenvalue weighted by Crippen LogP contribution is -2.53. The maximum absolute atomic E-state index is 13.5. The van der Waals surface area contributed by atoms with E-state index in [1.54, 1.807) is 22.8 Å². The van der Waals surface area contributed by atoms with Crippen LogP contribution in [0.2, 0.25) is 0 Å². The van der Waals surface area contributed by atoms with Gasteiger partial charge < -0.3 is 9.80 Å². The number of nitrogens with zero attached hydrogens (tertiary/aromatic N) is 4. The van der Waals surface area contributed by atoms with Crippen LogP contribution in [0.25, 0.3) is 0 Å². The van der Waals surface area contributed by atoms with Gasteiger partial charge in [0.25, 0.3) is 0 Å². The number of carbonyl (C=O) groups is 2. The minimum Gasteiger partial charge on any atom is -0.330 e. The number of hydrogen-bond acceptors (Lipinski definition) is 4. The smallest absolute Gasteiger partial charge is 0.330 e. The summed E-state index contributed by atoms with van der Waals surface area (Å²) in [5.41, 5.74) is -0.600. The Kier molecular flexibility index (Phi) is 5.20. The van der Waals surface area contributed by atoms with E-state index in [1.165, 1.54) is 12.1 Å². The molecule has 33 heavy (non-hydrogen) atoms. The van der Waals surface area contributed by atoms with Gasteiger partial charge in [0.2, 0.25) is 11.8 Å². The first kappa shape index (κ1) is 22.2. The Balaban J connectivity index is 1.26. The van der Waals surface area contributed by atoms with Crippen LogP contribution in [0.4, 0.5) is 13.2 Å². The number of alkyl halides is 3. The van der Waals surface area contributed by atoms with E-state index in [1.807, 2.05) is 11.8 Å². The standard InChI is InChI=1S/C24H27F3N4O2/c1-13(22(32)31-16(10-28)7-15-8-20(15)31)11-29-12-17-9-21(29)23(33)30(17)14(2)18-5-3-4-6-19(18)24(25,26)27/h3-6,13-17,20-21H,7-9,11-12H2,1-2H3/t13-,14-,15+,16-,17?,20?,21-/m0/s1. The van der Waals surface area contributed by atoms with Gasteiger partial charge in [0.1, 0.15) is 6.04 Å². The van der Waals surface area contributed by atoms with E-state index in [0.717, 1.165) is 18.9 Å². The molecule has 5 rings (SSSR count). The zero-order valence-corrected chi connectivity index (χ0v) is 18.6. The molecule has 2 amide bonds. The molecule has 3 heterocycles. The van der Waals surface area contributed by atoms with Crippen molar-refractivity contribution in [1.29, 1.82) is 5.26 Å². The SMILES string of the molecule is C[C@@H](CN1CC2C[C@H]1C(=O)N2[C@@H](C)c1ccccc1C(F)(F)F)C(=O)N1C2C[C@H]2C[C@H]1C#N. The summed E-state index contributed by atoms with van der Waals surface area (Å²) in [7, 11) is 0. The Labute approximate surface area is 190 Å². The van der Waals surface area contributed by atoms with Gasteiger partial charge in [0.15, 0.2) is 0 Å². The lowest BCUT2D eigenvalue weighted by atomic mass is 9.99. The summed E-state index contributed by atoms with van der Waals surface area (Å²) in [5, 5.41) is 9.38. The van der Waals surface area contributed by atoms with Gasteiger partial charge in [-0.3, -0.25) is 14.5 Å². The highest BCUT2D eigenvalue weighted by molar-refractivity contribution is 5.86. The highest BCUT2D eigenvalue weighted by Gasteiger charge is 2.56. The molecule has 0 radical (unpaired) electrons. The monoisotopic (exact) mass is 460 g/mol. The van der Waals surface area contributed by atoms with Crippen molar-refractivity contribution in [2.45, 2.75) is 69.5 Å². The van der Waals surface area contributed by atoms with E-state index in [9.17, 15) is 28.0 Å². The van der Waals surface area contributed by atoms with Crippen LogP contribution in [0.3, 0.4) is 0 Å². The number of halogens is 3. The molecule has 6 nitrogen and oxygen atoms in total. The number of benzene rings is 1. The van der Waals surface area contributed by atoms with E-state index in [4.69, 9.17) is 0 Å². The predicted octanol–water partition coefficient (Wildman–Crippen LogP) is 3.20. The van der Waals surface area contributed by atoms with Crippen molar-refractivity contribution in [2.75, 3.05) is 13.1 Å². The minimum absolute atomic E-state index is 0.0360. The van der Waals surface area contributed by atoms with Crippen LogP contribution in [-0.2, 0) is 15.8 Å². The largest absolute Gasteiger partial charge is 0.416 e. The molecule has 2 unspecified atom stereocenters. The Morgan fingerprint density at radius 2 is 1.94 bits per heavy atom. The van der Waals surface area contributed by atoms with Crippen molar-refractivity contribution in [1.82, 2.24) is 14.7 Å². The van der Waals surface area contributed by atoms with Crippen molar-refractivity contribution in [3.05, 3.63) is 35.4 Å². The molecule has 3 saturated heterocycles. The van der Waals surface area contributed by atoms with Gasteiger partial charge in [-0.15, -0.1) is 0 Å². The maximum Gasteiger partial charge on any atom is 0.416 e. The number of fused-ring (bicyclic) bond motifs is 3. The summed E-state index contributed by atoms with van der Waals surface area (Å²) in [5.74, 6) is -0.103. The quantitative estimate of drug-likeness (QED) is 0.677. The molecule has 4 aliphatic rings. The average Bonchev–Trinajstić information content (AvgIpc) is 3.11. The lowest BCUT2D eigenvalue weighted by Gasteiger charge is -2.39. The van der Waals surface area contributed by atoms with Crippen LogP contribution in [0, 0.1) is 23.2 Å². The van der Waals surface area contributed by atoms with Gasteiger partial charge in [-0.1, -0.05) is 25.1 Å². The fourth-order valence-electron chi connectivity index (χ4n) is 6.24. The summed E-state index contributed by atoms with van der Waals surface area (Å²) in [6.45, 7) is 4.45. The maximum atomic E-state index is 13.5. The Hall–Kier alpha value is -2.60. The molecule has 7 atom stereocenters. The van der Waals surface area contributed by atoms with Crippen LogP contribution in [0.5, 0.6) is 0 Å². The lowest BCUT2D eigenvalue weighted by molar-refractivity contribution is -0.144. The van der Waals surface area contributed by atoms with E-state index in [-0.39, 0.29) is 41.4 Å². The number of likely N-dealkylation sites (tertiary alicyclic amines) is 3. The van der Waals surface area contributed by atoms with Crippen LogP contribution in [0.15, 0.2) is 24.3 Å². The Bertz CT molecular complexity index is 1020.